The van der Waals surface area contributed by atoms with Gasteiger partial charge in [-0.15, -0.1) is 0 Å². The third-order valence-electron chi connectivity index (χ3n) is 3.12. The zero-order valence-electron chi connectivity index (χ0n) is 10.5. The number of benzene rings is 1. The number of halogens is 3. The normalized spacial score (nSPS) is 22.2. The van der Waals surface area contributed by atoms with Gasteiger partial charge in [0.25, 0.3) is 5.91 Å². The number of aliphatic hydroxyl groups excluding tert-OH is 1. The maximum absolute atomic E-state index is 12.4. The molecule has 110 valence electrons. The Morgan fingerprint density at radius 3 is 2.60 bits per heavy atom. The van der Waals surface area contributed by atoms with E-state index in [1.54, 1.807) is 0 Å². The number of alkyl halides is 3. The molecule has 0 heterocycles. The van der Waals surface area contributed by atoms with Gasteiger partial charge in [0.1, 0.15) is 0 Å². The Morgan fingerprint density at radius 2 is 2.00 bits per heavy atom. The molecule has 7 heteroatoms. The molecule has 2 N–H and O–H groups in total. The Balaban J connectivity index is 1.98. The highest BCUT2D eigenvalue weighted by Gasteiger charge is 2.32. The van der Waals surface area contributed by atoms with Gasteiger partial charge in [0.15, 0.2) is 0 Å². The van der Waals surface area contributed by atoms with Crippen LogP contribution in [0.5, 0.6) is 0 Å². The summed E-state index contributed by atoms with van der Waals surface area (Å²) in [5.74, 6) is -0.310. The molecule has 1 aliphatic rings. The summed E-state index contributed by atoms with van der Waals surface area (Å²) in [5, 5.41) is 11.7. The van der Waals surface area contributed by atoms with E-state index in [2.05, 4.69) is 5.32 Å². The van der Waals surface area contributed by atoms with Crippen LogP contribution in [0, 0.1) is 5.92 Å². The van der Waals surface area contributed by atoms with Crippen molar-refractivity contribution >= 4 is 17.7 Å². The van der Waals surface area contributed by atoms with E-state index in [4.69, 9.17) is 5.11 Å². The molecule has 1 fully saturated rings. The Hall–Kier alpha value is -1.21. The van der Waals surface area contributed by atoms with Gasteiger partial charge in [-0.05, 0) is 42.7 Å². The maximum Gasteiger partial charge on any atom is 0.446 e. The minimum absolute atomic E-state index is 0.0229. The first-order chi connectivity index (χ1) is 9.35. The average molecular weight is 305 g/mol. The molecular formula is C13H14F3NO2S. The summed E-state index contributed by atoms with van der Waals surface area (Å²) in [4.78, 5) is 11.8. The summed E-state index contributed by atoms with van der Waals surface area (Å²) in [6, 6.07) is 5.65. The van der Waals surface area contributed by atoms with Crippen LogP contribution in [0.25, 0.3) is 0 Å². The van der Waals surface area contributed by atoms with E-state index in [0.717, 1.165) is 0 Å². The molecule has 2 rings (SSSR count). The summed E-state index contributed by atoms with van der Waals surface area (Å²) >= 11 is -0.291. The van der Waals surface area contributed by atoms with Crippen LogP contribution in [-0.2, 0) is 0 Å². The highest BCUT2D eigenvalue weighted by Crippen LogP contribution is 2.38. The molecule has 0 saturated heterocycles. The lowest BCUT2D eigenvalue weighted by Crippen LogP contribution is -2.38. The lowest BCUT2D eigenvalue weighted by molar-refractivity contribution is -0.0328. The monoisotopic (exact) mass is 305 g/mol. The summed E-state index contributed by atoms with van der Waals surface area (Å²) in [5.41, 5.74) is -4.40. The molecule has 1 aromatic carbocycles. The number of aliphatic hydroxyl groups is 1. The van der Waals surface area contributed by atoms with Crippen molar-refractivity contribution in [3.8, 4) is 0 Å². The first-order valence-corrected chi connectivity index (χ1v) is 6.98. The van der Waals surface area contributed by atoms with Crippen LogP contribution < -0.4 is 5.32 Å². The van der Waals surface area contributed by atoms with Crippen LogP contribution in [0.3, 0.4) is 0 Å². The zero-order valence-corrected chi connectivity index (χ0v) is 11.3. The highest BCUT2D eigenvalue weighted by molar-refractivity contribution is 8.00. The Bertz CT molecular complexity index is 487. The molecule has 1 saturated carbocycles. The smallest absolute Gasteiger partial charge is 0.393 e. The summed E-state index contributed by atoms with van der Waals surface area (Å²) < 4.78 is 37.2. The van der Waals surface area contributed by atoms with Crippen LogP contribution in [0.1, 0.15) is 23.2 Å². The number of thioether (sulfide) groups is 1. The number of hydrogen-bond donors (Lipinski definition) is 2. The predicted molar refractivity (Wildman–Crippen MR) is 69.4 cm³/mol. The van der Waals surface area contributed by atoms with Gasteiger partial charge in [-0.25, -0.2) is 0 Å². The minimum atomic E-state index is -4.42. The fraction of sp³-hybridized carbons (Fsp3) is 0.462. The van der Waals surface area contributed by atoms with E-state index in [0.29, 0.717) is 19.4 Å². The van der Waals surface area contributed by atoms with Crippen molar-refractivity contribution in [1.29, 1.82) is 0 Å². The second-order valence-electron chi connectivity index (χ2n) is 4.75. The van der Waals surface area contributed by atoms with Gasteiger partial charge in [0.05, 0.1) is 11.7 Å². The molecule has 0 atom stereocenters. The van der Waals surface area contributed by atoms with Gasteiger partial charge in [0, 0.05) is 11.4 Å². The van der Waals surface area contributed by atoms with Crippen molar-refractivity contribution < 1.29 is 23.1 Å². The molecule has 1 amide bonds. The predicted octanol–water partition coefficient (Wildman–Crippen LogP) is 2.80. The number of nitrogens with one attached hydrogen (secondary N) is 1. The maximum atomic E-state index is 12.4. The lowest BCUT2D eigenvalue weighted by atomic mass is 9.82. The van der Waals surface area contributed by atoms with Crippen LogP contribution >= 0.6 is 11.8 Å². The molecule has 0 radical (unpaired) electrons. The summed E-state index contributed by atoms with van der Waals surface area (Å²) in [6.45, 7) is 0.376. The van der Waals surface area contributed by atoms with Gasteiger partial charge in [0.2, 0.25) is 0 Å². The van der Waals surface area contributed by atoms with Crippen molar-refractivity contribution in [1.82, 2.24) is 5.32 Å². The van der Waals surface area contributed by atoms with Crippen LogP contribution in [-0.4, -0.2) is 29.2 Å². The Kier molecular flexibility index (Phi) is 4.59. The third kappa shape index (κ3) is 4.14. The van der Waals surface area contributed by atoms with Crippen molar-refractivity contribution in [2.75, 3.05) is 6.54 Å². The minimum Gasteiger partial charge on any atom is -0.393 e. The van der Waals surface area contributed by atoms with Gasteiger partial charge in [-0.3, -0.25) is 4.79 Å². The largest absolute Gasteiger partial charge is 0.446 e. The van der Waals surface area contributed by atoms with Crippen molar-refractivity contribution in [2.24, 2.45) is 5.92 Å². The van der Waals surface area contributed by atoms with Gasteiger partial charge < -0.3 is 10.4 Å². The number of amides is 1. The fourth-order valence-corrected chi connectivity index (χ4v) is 2.73. The molecule has 1 aromatic rings. The van der Waals surface area contributed by atoms with Crippen LogP contribution in [0.4, 0.5) is 13.2 Å². The van der Waals surface area contributed by atoms with Gasteiger partial charge >= 0.3 is 5.51 Å². The zero-order chi connectivity index (χ0) is 14.8. The summed E-state index contributed by atoms with van der Waals surface area (Å²) in [6.07, 6.45) is 0.934. The molecule has 0 aromatic heterocycles. The molecule has 20 heavy (non-hydrogen) atoms. The van der Waals surface area contributed by atoms with Crippen molar-refractivity contribution in [2.45, 2.75) is 29.3 Å². The first kappa shape index (κ1) is 15.2. The molecule has 0 unspecified atom stereocenters. The topological polar surface area (TPSA) is 49.3 Å². The lowest BCUT2D eigenvalue weighted by Gasteiger charge is -2.31. The third-order valence-corrected chi connectivity index (χ3v) is 3.93. The molecule has 1 aliphatic carbocycles. The van der Waals surface area contributed by atoms with Crippen molar-refractivity contribution in [3.05, 3.63) is 29.8 Å². The fourth-order valence-electron chi connectivity index (χ4n) is 2.07. The SMILES string of the molecule is O=C(NCC1CC(O)C1)c1ccccc1SC(F)(F)F. The first-order valence-electron chi connectivity index (χ1n) is 6.16. The number of carbonyl (C=O) groups is 1. The molecule has 3 nitrogen and oxygen atoms in total. The van der Waals surface area contributed by atoms with E-state index >= 15 is 0 Å². The van der Waals surface area contributed by atoms with Crippen LogP contribution in [0.15, 0.2) is 29.2 Å². The van der Waals surface area contributed by atoms with E-state index in [1.807, 2.05) is 0 Å². The Labute approximate surface area is 118 Å². The highest BCUT2D eigenvalue weighted by atomic mass is 32.2. The van der Waals surface area contributed by atoms with E-state index in [-0.39, 0.29) is 34.2 Å². The molecule has 0 spiro atoms. The number of hydrogen-bond acceptors (Lipinski definition) is 3. The standard InChI is InChI=1S/C13H14F3NO2S/c14-13(15,16)20-11-4-2-1-3-10(11)12(19)17-7-8-5-9(18)6-8/h1-4,8-9,18H,5-7H2,(H,17,19). The van der Waals surface area contributed by atoms with Crippen LogP contribution in [0.2, 0.25) is 0 Å². The van der Waals surface area contributed by atoms with Crippen molar-refractivity contribution in [3.63, 3.8) is 0 Å². The second-order valence-corrected chi connectivity index (χ2v) is 5.85. The quantitative estimate of drug-likeness (QED) is 0.841. The van der Waals surface area contributed by atoms with E-state index < -0.39 is 11.4 Å². The molecular weight excluding hydrogens is 291 g/mol. The van der Waals surface area contributed by atoms with E-state index in [1.165, 1.54) is 24.3 Å². The summed E-state index contributed by atoms with van der Waals surface area (Å²) in [7, 11) is 0. The van der Waals surface area contributed by atoms with Gasteiger partial charge in [-0.1, -0.05) is 12.1 Å². The molecule has 0 aliphatic heterocycles. The Morgan fingerprint density at radius 1 is 1.35 bits per heavy atom. The average Bonchev–Trinajstić information content (AvgIpc) is 2.31. The molecule has 0 bridgehead atoms. The van der Waals surface area contributed by atoms with E-state index in [9.17, 15) is 18.0 Å². The second kappa shape index (κ2) is 6.05. The number of carbonyl (C=O) groups excluding carboxylic acids is 1. The van der Waals surface area contributed by atoms with Gasteiger partial charge in [-0.2, -0.15) is 13.2 Å². The number of rotatable bonds is 4.